The summed E-state index contributed by atoms with van der Waals surface area (Å²) >= 11 is 12.6. The second kappa shape index (κ2) is 6.55. The van der Waals surface area contributed by atoms with Crippen molar-refractivity contribution in [3.63, 3.8) is 0 Å². The molecule has 0 heterocycles. The van der Waals surface area contributed by atoms with Gasteiger partial charge in [-0.3, -0.25) is 4.79 Å². The second-order valence-corrected chi connectivity index (χ2v) is 6.04. The van der Waals surface area contributed by atoms with E-state index in [1.54, 1.807) is 18.2 Å². The largest absolute Gasteiger partial charge is 0.348 e. The van der Waals surface area contributed by atoms with Crippen LogP contribution in [0, 0.1) is 0 Å². The van der Waals surface area contributed by atoms with Gasteiger partial charge in [0, 0.05) is 20.5 Å². The first-order chi connectivity index (χ1) is 9.08. The molecule has 0 saturated heterocycles. The van der Waals surface area contributed by atoms with Gasteiger partial charge in [0.1, 0.15) is 0 Å². The van der Waals surface area contributed by atoms with Crippen LogP contribution in [-0.4, -0.2) is 5.91 Å². The second-order valence-electron chi connectivity index (χ2n) is 3.90. The molecule has 2 nitrogen and oxygen atoms in total. The number of carbonyl (C=O) groups excluding carboxylic acids is 1. The van der Waals surface area contributed by atoms with E-state index in [1.165, 1.54) is 0 Å². The lowest BCUT2D eigenvalue weighted by molar-refractivity contribution is 0.0950. The standard InChI is InChI=1S/C14H10Br2ClNO/c15-12-4-2-1-3-9(12)8-18-14(19)11-6-5-10(17)7-13(11)16/h1-7H,8H2,(H,18,19). The first-order valence-corrected chi connectivity index (χ1v) is 7.51. The van der Waals surface area contributed by atoms with Gasteiger partial charge in [0.15, 0.2) is 0 Å². The highest BCUT2D eigenvalue weighted by atomic mass is 79.9. The van der Waals surface area contributed by atoms with Crippen LogP contribution in [-0.2, 0) is 6.54 Å². The van der Waals surface area contributed by atoms with Gasteiger partial charge in [-0.1, -0.05) is 45.7 Å². The molecule has 1 N–H and O–H groups in total. The van der Waals surface area contributed by atoms with Crippen LogP contribution in [0.15, 0.2) is 51.4 Å². The zero-order chi connectivity index (χ0) is 13.8. The molecule has 0 bridgehead atoms. The molecular formula is C14H10Br2ClNO. The summed E-state index contributed by atoms with van der Waals surface area (Å²) in [6.07, 6.45) is 0. The molecule has 0 unspecified atom stereocenters. The van der Waals surface area contributed by atoms with E-state index in [4.69, 9.17) is 11.6 Å². The minimum Gasteiger partial charge on any atom is -0.348 e. The monoisotopic (exact) mass is 401 g/mol. The molecule has 0 aliphatic carbocycles. The Hall–Kier alpha value is -0.840. The fourth-order valence-corrected chi connectivity index (χ4v) is 2.87. The van der Waals surface area contributed by atoms with E-state index in [0.29, 0.717) is 21.6 Å². The van der Waals surface area contributed by atoms with E-state index >= 15 is 0 Å². The van der Waals surface area contributed by atoms with Crippen molar-refractivity contribution in [2.45, 2.75) is 6.54 Å². The van der Waals surface area contributed by atoms with E-state index < -0.39 is 0 Å². The van der Waals surface area contributed by atoms with Crippen LogP contribution in [0.2, 0.25) is 5.02 Å². The Morgan fingerprint density at radius 1 is 1.11 bits per heavy atom. The summed E-state index contributed by atoms with van der Waals surface area (Å²) in [7, 11) is 0. The number of rotatable bonds is 3. The molecule has 0 aliphatic heterocycles. The fourth-order valence-electron chi connectivity index (χ4n) is 1.59. The maximum atomic E-state index is 12.1. The number of amides is 1. The van der Waals surface area contributed by atoms with Crippen LogP contribution in [0.3, 0.4) is 0 Å². The van der Waals surface area contributed by atoms with Gasteiger partial charge in [0.2, 0.25) is 0 Å². The summed E-state index contributed by atoms with van der Waals surface area (Å²) in [4.78, 5) is 12.1. The van der Waals surface area contributed by atoms with Gasteiger partial charge in [0.05, 0.1) is 5.56 Å². The summed E-state index contributed by atoms with van der Waals surface area (Å²) < 4.78 is 1.66. The van der Waals surface area contributed by atoms with Gasteiger partial charge in [-0.05, 0) is 45.8 Å². The van der Waals surface area contributed by atoms with Crippen molar-refractivity contribution in [3.8, 4) is 0 Å². The Morgan fingerprint density at radius 3 is 2.53 bits per heavy atom. The van der Waals surface area contributed by atoms with Crippen molar-refractivity contribution in [2.24, 2.45) is 0 Å². The average molecular weight is 404 g/mol. The minimum atomic E-state index is -0.140. The summed E-state index contributed by atoms with van der Waals surface area (Å²) in [5.41, 5.74) is 1.59. The smallest absolute Gasteiger partial charge is 0.252 e. The van der Waals surface area contributed by atoms with Crippen LogP contribution >= 0.6 is 43.5 Å². The molecule has 2 aromatic rings. The van der Waals surface area contributed by atoms with E-state index in [-0.39, 0.29) is 5.91 Å². The van der Waals surface area contributed by atoms with Gasteiger partial charge < -0.3 is 5.32 Å². The normalized spacial score (nSPS) is 10.3. The highest BCUT2D eigenvalue weighted by Crippen LogP contribution is 2.22. The van der Waals surface area contributed by atoms with Crippen molar-refractivity contribution < 1.29 is 4.79 Å². The van der Waals surface area contributed by atoms with E-state index in [9.17, 15) is 4.79 Å². The first kappa shape index (κ1) is 14.6. The average Bonchev–Trinajstić information content (AvgIpc) is 2.37. The molecular weight excluding hydrogens is 393 g/mol. The summed E-state index contributed by atoms with van der Waals surface area (Å²) in [5, 5.41) is 3.47. The first-order valence-electron chi connectivity index (χ1n) is 5.54. The topological polar surface area (TPSA) is 29.1 Å². The zero-order valence-electron chi connectivity index (χ0n) is 9.79. The Morgan fingerprint density at radius 2 is 1.84 bits per heavy atom. The van der Waals surface area contributed by atoms with Crippen LogP contribution in [0.1, 0.15) is 15.9 Å². The molecule has 2 rings (SSSR count). The lowest BCUT2D eigenvalue weighted by Gasteiger charge is -2.08. The van der Waals surface area contributed by atoms with Gasteiger partial charge in [0.25, 0.3) is 5.91 Å². The number of carbonyl (C=O) groups is 1. The quantitative estimate of drug-likeness (QED) is 0.784. The van der Waals surface area contributed by atoms with Gasteiger partial charge in [-0.25, -0.2) is 0 Å². The van der Waals surface area contributed by atoms with Crippen LogP contribution in [0.25, 0.3) is 0 Å². The molecule has 2 aromatic carbocycles. The minimum absolute atomic E-state index is 0.140. The van der Waals surface area contributed by atoms with Crippen molar-refractivity contribution >= 4 is 49.4 Å². The molecule has 0 radical (unpaired) electrons. The van der Waals surface area contributed by atoms with Gasteiger partial charge >= 0.3 is 0 Å². The van der Waals surface area contributed by atoms with Gasteiger partial charge in [-0.2, -0.15) is 0 Å². The Bertz CT molecular complexity index is 616. The molecule has 0 aliphatic rings. The highest BCUT2D eigenvalue weighted by molar-refractivity contribution is 9.10. The zero-order valence-corrected chi connectivity index (χ0v) is 13.7. The van der Waals surface area contributed by atoms with Gasteiger partial charge in [-0.15, -0.1) is 0 Å². The Labute approximate surface area is 133 Å². The molecule has 5 heteroatoms. The molecule has 0 aromatic heterocycles. The van der Waals surface area contributed by atoms with E-state index in [2.05, 4.69) is 37.2 Å². The molecule has 98 valence electrons. The van der Waals surface area contributed by atoms with Crippen molar-refractivity contribution in [1.29, 1.82) is 0 Å². The SMILES string of the molecule is O=C(NCc1ccccc1Br)c1ccc(Cl)cc1Br. The summed E-state index contributed by atoms with van der Waals surface area (Å²) in [5.74, 6) is -0.140. The number of hydrogen-bond donors (Lipinski definition) is 1. The number of halogens is 3. The molecule has 19 heavy (non-hydrogen) atoms. The lowest BCUT2D eigenvalue weighted by Crippen LogP contribution is -2.23. The molecule has 0 fully saturated rings. The number of benzene rings is 2. The fraction of sp³-hybridized carbons (Fsp3) is 0.0714. The maximum Gasteiger partial charge on any atom is 0.252 e. The van der Waals surface area contributed by atoms with Crippen LogP contribution in [0.5, 0.6) is 0 Å². The van der Waals surface area contributed by atoms with E-state index in [1.807, 2.05) is 24.3 Å². The molecule has 1 amide bonds. The third-order valence-electron chi connectivity index (χ3n) is 2.57. The third kappa shape index (κ3) is 3.81. The van der Waals surface area contributed by atoms with Crippen molar-refractivity contribution in [3.05, 3.63) is 67.6 Å². The number of hydrogen-bond acceptors (Lipinski definition) is 1. The van der Waals surface area contributed by atoms with E-state index in [0.717, 1.165) is 10.0 Å². The predicted octanol–water partition coefficient (Wildman–Crippen LogP) is 4.80. The van der Waals surface area contributed by atoms with Crippen molar-refractivity contribution in [1.82, 2.24) is 5.32 Å². The molecule has 0 saturated carbocycles. The maximum absolute atomic E-state index is 12.1. The summed E-state index contributed by atoms with van der Waals surface area (Å²) in [6, 6.07) is 12.9. The lowest BCUT2D eigenvalue weighted by atomic mass is 10.2. The van der Waals surface area contributed by atoms with Crippen LogP contribution < -0.4 is 5.32 Å². The molecule has 0 atom stereocenters. The van der Waals surface area contributed by atoms with Crippen molar-refractivity contribution in [2.75, 3.05) is 0 Å². The molecule has 0 spiro atoms. The Kier molecular flexibility index (Phi) is 5.02. The predicted molar refractivity (Wildman–Crippen MR) is 84.5 cm³/mol. The summed E-state index contributed by atoms with van der Waals surface area (Å²) in [6.45, 7) is 0.468. The Balaban J connectivity index is 2.08. The number of nitrogens with one attached hydrogen (secondary N) is 1. The third-order valence-corrected chi connectivity index (χ3v) is 4.24. The highest BCUT2D eigenvalue weighted by Gasteiger charge is 2.10. The van der Waals surface area contributed by atoms with Crippen LogP contribution in [0.4, 0.5) is 0 Å².